The van der Waals surface area contributed by atoms with Gasteiger partial charge in [0.2, 0.25) is 5.91 Å². The summed E-state index contributed by atoms with van der Waals surface area (Å²) in [5.41, 5.74) is 0.881. The molecule has 1 aliphatic rings. The van der Waals surface area contributed by atoms with Crippen LogP contribution in [0.15, 0.2) is 35.1 Å². The number of hydrogen-bond donors (Lipinski definition) is 1. The number of hydrogen-bond acceptors (Lipinski definition) is 3. The molecule has 1 amide bonds. The number of carbonyl (C=O) groups is 1. The summed E-state index contributed by atoms with van der Waals surface area (Å²) in [6.07, 6.45) is 5.42. The highest BCUT2D eigenvalue weighted by Crippen LogP contribution is 2.18. The topological polar surface area (TPSA) is 64.0 Å². The van der Waals surface area contributed by atoms with E-state index >= 15 is 0 Å². The number of aromatic nitrogens is 2. The largest absolute Gasteiger partial charge is 0.352 e. The van der Waals surface area contributed by atoms with Gasteiger partial charge in [0.1, 0.15) is 18.2 Å². The Morgan fingerprint density at radius 2 is 1.92 bits per heavy atom. The molecule has 132 valence electrons. The van der Waals surface area contributed by atoms with Crippen LogP contribution in [0.4, 0.5) is 4.39 Å². The molecule has 1 fully saturated rings. The molecule has 0 saturated heterocycles. The number of aryl methyl sites for hydroxylation is 1. The van der Waals surface area contributed by atoms with Gasteiger partial charge in [0.05, 0.1) is 0 Å². The van der Waals surface area contributed by atoms with E-state index < -0.39 is 0 Å². The molecule has 25 heavy (non-hydrogen) atoms. The fraction of sp³-hybridized carbons (Fsp3) is 0.421. The van der Waals surface area contributed by atoms with Gasteiger partial charge in [-0.15, -0.1) is 0 Å². The van der Waals surface area contributed by atoms with E-state index in [9.17, 15) is 14.0 Å². The second-order valence-electron chi connectivity index (χ2n) is 6.55. The van der Waals surface area contributed by atoms with Crippen molar-refractivity contribution in [3.63, 3.8) is 0 Å². The molecule has 1 heterocycles. The molecule has 6 heteroatoms. The molecule has 0 spiro atoms. The van der Waals surface area contributed by atoms with Crippen LogP contribution < -0.4 is 10.9 Å². The van der Waals surface area contributed by atoms with E-state index in [0.29, 0.717) is 17.1 Å². The first-order chi connectivity index (χ1) is 12.0. The number of amides is 1. The molecule has 0 atom stereocenters. The van der Waals surface area contributed by atoms with Gasteiger partial charge in [-0.1, -0.05) is 19.3 Å². The predicted molar refractivity (Wildman–Crippen MR) is 93.6 cm³/mol. The Morgan fingerprint density at radius 3 is 2.60 bits per heavy atom. The maximum Gasteiger partial charge on any atom is 0.254 e. The van der Waals surface area contributed by atoms with Crippen molar-refractivity contribution in [2.75, 3.05) is 0 Å². The molecule has 0 unspecified atom stereocenters. The van der Waals surface area contributed by atoms with Crippen LogP contribution in [0.5, 0.6) is 0 Å². The van der Waals surface area contributed by atoms with Crippen molar-refractivity contribution in [1.82, 2.24) is 14.9 Å². The van der Waals surface area contributed by atoms with Gasteiger partial charge in [-0.05, 0) is 44.0 Å². The Bertz CT molecular complexity index is 808. The average Bonchev–Trinajstić information content (AvgIpc) is 2.59. The Morgan fingerprint density at radius 1 is 1.24 bits per heavy atom. The monoisotopic (exact) mass is 343 g/mol. The summed E-state index contributed by atoms with van der Waals surface area (Å²) in [4.78, 5) is 29.2. The summed E-state index contributed by atoms with van der Waals surface area (Å²) in [5.74, 6) is -0.174. The number of halogens is 1. The van der Waals surface area contributed by atoms with Gasteiger partial charge in [-0.25, -0.2) is 9.37 Å². The van der Waals surface area contributed by atoms with Crippen LogP contribution in [0.2, 0.25) is 0 Å². The second kappa shape index (κ2) is 7.59. The first kappa shape index (κ1) is 17.3. The molecule has 1 aliphatic carbocycles. The predicted octanol–water partition coefficient (Wildman–Crippen LogP) is 2.81. The van der Waals surface area contributed by atoms with E-state index in [-0.39, 0.29) is 29.9 Å². The highest BCUT2D eigenvalue weighted by atomic mass is 19.1. The van der Waals surface area contributed by atoms with E-state index in [2.05, 4.69) is 10.3 Å². The van der Waals surface area contributed by atoms with Crippen molar-refractivity contribution in [2.24, 2.45) is 0 Å². The van der Waals surface area contributed by atoms with Gasteiger partial charge >= 0.3 is 0 Å². The van der Waals surface area contributed by atoms with Crippen LogP contribution in [0.3, 0.4) is 0 Å². The number of nitrogens with one attached hydrogen (secondary N) is 1. The van der Waals surface area contributed by atoms with E-state index in [0.717, 1.165) is 25.7 Å². The number of nitrogens with zero attached hydrogens (tertiary/aromatic N) is 2. The van der Waals surface area contributed by atoms with Gasteiger partial charge < -0.3 is 5.32 Å². The van der Waals surface area contributed by atoms with Crippen molar-refractivity contribution in [1.29, 1.82) is 0 Å². The minimum atomic E-state index is -0.361. The van der Waals surface area contributed by atoms with Crippen molar-refractivity contribution in [3.05, 3.63) is 52.2 Å². The lowest BCUT2D eigenvalue weighted by molar-refractivity contribution is -0.122. The van der Waals surface area contributed by atoms with E-state index in [4.69, 9.17) is 0 Å². The summed E-state index contributed by atoms with van der Waals surface area (Å²) in [6, 6.07) is 7.34. The molecule has 5 nitrogen and oxygen atoms in total. The molecule has 1 saturated carbocycles. The Kier molecular flexibility index (Phi) is 5.26. The summed E-state index contributed by atoms with van der Waals surface area (Å²) >= 11 is 0. The minimum absolute atomic E-state index is 0.0880. The van der Waals surface area contributed by atoms with Gasteiger partial charge in [0.25, 0.3) is 5.56 Å². The van der Waals surface area contributed by atoms with Crippen molar-refractivity contribution >= 4 is 5.91 Å². The number of rotatable bonds is 4. The van der Waals surface area contributed by atoms with Gasteiger partial charge in [-0.3, -0.25) is 14.2 Å². The zero-order valence-corrected chi connectivity index (χ0v) is 14.3. The van der Waals surface area contributed by atoms with Crippen LogP contribution >= 0.6 is 0 Å². The van der Waals surface area contributed by atoms with Crippen LogP contribution in [-0.4, -0.2) is 21.5 Å². The van der Waals surface area contributed by atoms with Crippen molar-refractivity contribution in [2.45, 2.75) is 51.6 Å². The molecule has 1 aromatic carbocycles. The lowest BCUT2D eigenvalue weighted by Crippen LogP contribution is -2.40. The maximum absolute atomic E-state index is 13.2. The molecule has 0 radical (unpaired) electrons. The zero-order valence-electron chi connectivity index (χ0n) is 14.3. The molecule has 0 bridgehead atoms. The van der Waals surface area contributed by atoms with E-state index in [1.165, 1.54) is 29.2 Å². The number of carbonyl (C=O) groups excluding carboxylic acids is 1. The normalized spacial score (nSPS) is 15.1. The molecular weight excluding hydrogens is 321 g/mol. The second-order valence-corrected chi connectivity index (χ2v) is 6.55. The molecule has 1 N–H and O–H groups in total. The molecule has 1 aromatic heterocycles. The average molecular weight is 343 g/mol. The lowest BCUT2D eigenvalue weighted by atomic mass is 9.95. The van der Waals surface area contributed by atoms with Crippen LogP contribution in [0.1, 0.15) is 37.8 Å². The summed E-state index contributed by atoms with van der Waals surface area (Å²) in [5, 5.41) is 3.01. The minimum Gasteiger partial charge on any atom is -0.352 e. The molecule has 2 aromatic rings. The fourth-order valence-corrected chi connectivity index (χ4v) is 3.26. The number of benzene rings is 1. The molecule has 3 rings (SSSR count). The van der Waals surface area contributed by atoms with Crippen LogP contribution in [0.25, 0.3) is 11.4 Å². The highest BCUT2D eigenvalue weighted by molar-refractivity contribution is 5.76. The Balaban J connectivity index is 1.85. The first-order valence-corrected chi connectivity index (χ1v) is 8.67. The van der Waals surface area contributed by atoms with Crippen LogP contribution in [-0.2, 0) is 11.3 Å². The van der Waals surface area contributed by atoms with Gasteiger partial charge in [-0.2, -0.15) is 0 Å². The third-order valence-electron chi connectivity index (χ3n) is 4.51. The zero-order chi connectivity index (χ0) is 17.8. The van der Waals surface area contributed by atoms with Gasteiger partial charge in [0.15, 0.2) is 0 Å². The third kappa shape index (κ3) is 4.32. The first-order valence-electron chi connectivity index (χ1n) is 8.67. The van der Waals surface area contributed by atoms with Gasteiger partial charge in [0, 0.05) is 23.4 Å². The SMILES string of the molecule is Cc1cc(=O)n(CC(=O)NC2CCCCC2)c(-c2ccc(F)cc2)n1. The molecule has 0 aliphatic heterocycles. The quantitative estimate of drug-likeness (QED) is 0.928. The fourth-order valence-electron chi connectivity index (χ4n) is 3.26. The smallest absolute Gasteiger partial charge is 0.254 e. The third-order valence-corrected chi connectivity index (χ3v) is 4.51. The molecular formula is C19H22FN3O2. The van der Waals surface area contributed by atoms with Crippen molar-refractivity contribution < 1.29 is 9.18 Å². The van der Waals surface area contributed by atoms with E-state index in [1.807, 2.05) is 0 Å². The Hall–Kier alpha value is -2.50. The van der Waals surface area contributed by atoms with Crippen molar-refractivity contribution in [3.8, 4) is 11.4 Å². The lowest BCUT2D eigenvalue weighted by Gasteiger charge is -2.23. The van der Waals surface area contributed by atoms with Crippen LogP contribution in [0, 0.1) is 12.7 Å². The summed E-state index contributed by atoms with van der Waals surface area (Å²) < 4.78 is 14.5. The highest BCUT2D eigenvalue weighted by Gasteiger charge is 2.18. The summed E-state index contributed by atoms with van der Waals surface area (Å²) in [6.45, 7) is 1.64. The Labute approximate surface area is 145 Å². The standard InChI is InChI=1S/C19H22FN3O2/c1-13-11-18(25)23(12-17(24)22-16-5-3-2-4-6-16)19(21-13)14-7-9-15(20)10-8-14/h7-11,16H,2-6,12H2,1H3,(H,22,24). The van der Waals surface area contributed by atoms with E-state index in [1.54, 1.807) is 19.1 Å². The maximum atomic E-state index is 13.2. The summed E-state index contributed by atoms with van der Waals surface area (Å²) in [7, 11) is 0.